The molecule has 1 amide bonds. The van der Waals surface area contributed by atoms with Crippen LogP contribution in [0.4, 0.5) is 10.1 Å². The molecule has 0 atom stereocenters. The van der Waals surface area contributed by atoms with E-state index in [2.05, 4.69) is 35.5 Å². The minimum Gasteiger partial charge on any atom is -0.338 e. The van der Waals surface area contributed by atoms with E-state index >= 15 is 0 Å². The van der Waals surface area contributed by atoms with Gasteiger partial charge in [0.15, 0.2) is 0 Å². The zero-order valence-electron chi connectivity index (χ0n) is 22.3. The zero-order valence-corrected chi connectivity index (χ0v) is 22.3. The molecule has 0 bridgehead atoms. The molecule has 5 heterocycles. The van der Waals surface area contributed by atoms with Crippen molar-refractivity contribution in [3.05, 3.63) is 79.1 Å². The van der Waals surface area contributed by atoms with Crippen LogP contribution in [0, 0.1) is 11.7 Å². The summed E-state index contributed by atoms with van der Waals surface area (Å²) in [7, 11) is 0. The first kappa shape index (κ1) is 25.1. The Balaban J connectivity index is 1.20. The summed E-state index contributed by atoms with van der Waals surface area (Å²) < 4.78 is 14.6. The number of aromatic amines is 2. The van der Waals surface area contributed by atoms with E-state index in [4.69, 9.17) is 0 Å². The molecule has 1 aliphatic rings. The summed E-state index contributed by atoms with van der Waals surface area (Å²) in [6.07, 6.45) is 13.3. The molecular weight excluding hydrogens is 517 g/mol. The first-order valence-corrected chi connectivity index (χ1v) is 13.9. The monoisotopic (exact) mass is 545 g/mol. The number of fused-ring (bicyclic) bond motifs is 2. The van der Waals surface area contributed by atoms with E-state index in [0.29, 0.717) is 40.6 Å². The number of carbonyl (C=O) groups excluding carboxylic acids is 1. The summed E-state index contributed by atoms with van der Waals surface area (Å²) in [5, 5.41) is 12.3. The number of benzene rings is 1. The number of carbonyl (C=O) groups is 1. The molecule has 0 aliphatic heterocycles. The van der Waals surface area contributed by atoms with Crippen LogP contribution >= 0.6 is 0 Å². The van der Waals surface area contributed by atoms with Crippen molar-refractivity contribution < 1.29 is 9.18 Å². The Morgan fingerprint density at radius 1 is 0.951 bits per heavy atom. The van der Waals surface area contributed by atoms with Crippen LogP contribution in [-0.4, -0.2) is 36.0 Å². The highest BCUT2D eigenvalue weighted by Crippen LogP contribution is 2.35. The van der Waals surface area contributed by atoms with Gasteiger partial charge in [-0.3, -0.25) is 19.9 Å². The molecule has 1 aliphatic carbocycles. The van der Waals surface area contributed by atoms with Crippen LogP contribution in [0.5, 0.6) is 0 Å². The Kier molecular flexibility index (Phi) is 6.47. The molecule has 5 aromatic heterocycles. The highest BCUT2D eigenvalue weighted by atomic mass is 19.1. The predicted octanol–water partition coefficient (Wildman–Crippen LogP) is 7.28. The van der Waals surface area contributed by atoms with Gasteiger partial charge in [-0.2, -0.15) is 5.10 Å². The van der Waals surface area contributed by atoms with E-state index in [1.54, 1.807) is 36.9 Å². The topological polar surface area (TPSA) is 112 Å². The summed E-state index contributed by atoms with van der Waals surface area (Å²) in [4.78, 5) is 29.5. The molecule has 0 saturated heterocycles. The summed E-state index contributed by atoms with van der Waals surface area (Å²) in [5.41, 5.74) is 6.29. The number of hydrogen-bond acceptors (Lipinski definition) is 5. The predicted molar refractivity (Wildman–Crippen MR) is 157 cm³/mol. The van der Waals surface area contributed by atoms with Crippen LogP contribution in [0.1, 0.15) is 38.5 Å². The van der Waals surface area contributed by atoms with Gasteiger partial charge in [0.2, 0.25) is 5.91 Å². The molecule has 8 nitrogen and oxygen atoms in total. The number of hydrogen-bond donors (Lipinski definition) is 3. The lowest BCUT2D eigenvalue weighted by Gasteiger charge is -2.20. The fourth-order valence-electron chi connectivity index (χ4n) is 5.86. The van der Waals surface area contributed by atoms with Gasteiger partial charge in [-0.15, -0.1) is 0 Å². The Morgan fingerprint density at radius 3 is 2.71 bits per heavy atom. The molecule has 41 heavy (non-hydrogen) atoms. The molecule has 1 fully saturated rings. The van der Waals surface area contributed by atoms with Crippen molar-refractivity contribution >= 4 is 33.5 Å². The van der Waals surface area contributed by atoms with Gasteiger partial charge < -0.3 is 10.3 Å². The average molecular weight is 546 g/mol. The van der Waals surface area contributed by atoms with Crippen molar-refractivity contribution in [3.8, 4) is 33.8 Å². The summed E-state index contributed by atoms with van der Waals surface area (Å²) >= 11 is 0. The molecule has 7 rings (SSSR count). The van der Waals surface area contributed by atoms with Crippen molar-refractivity contribution in [2.45, 2.75) is 38.5 Å². The van der Waals surface area contributed by atoms with Gasteiger partial charge >= 0.3 is 0 Å². The zero-order chi connectivity index (χ0) is 27.8. The highest BCUT2D eigenvalue weighted by molar-refractivity contribution is 6.00. The Morgan fingerprint density at radius 2 is 1.83 bits per heavy atom. The number of amides is 1. The first-order chi connectivity index (χ1) is 20.1. The van der Waals surface area contributed by atoms with E-state index in [9.17, 15) is 9.18 Å². The SMILES string of the molecule is O=C(CC1CCCCC1)Nc1cncc(-c2cc3c(-c4cc5c(-c6ccccc6F)ccnc5[nH]4)n[nH]c3cn2)c1. The second kappa shape index (κ2) is 10.6. The molecule has 3 N–H and O–H groups in total. The van der Waals surface area contributed by atoms with Crippen molar-refractivity contribution in [1.82, 2.24) is 30.1 Å². The van der Waals surface area contributed by atoms with Gasteiger partial charge in [0.25, 0.3) is 0 Å². The van der Waals surface area contributed by atoms with Crippen molar-refractivity contribution in [2.24, 2.45) is 5.92 Å². The van der Waals surface area contributed by atoms with Crippen molar-refractivity contribution in [1.29, 1.82) is 0 Å². The van der Waals surface area contributed by atoms with E-state index in [1.165, 1.54) is 25.3 Å². The van der Waals surface area contributed by atoms with E-state index < -0.39 is 0 Å². The standard InChI is InChI=1S/C32H28FN7O/c33-26-9-5-4-8-23(26)22-10-11-35-32-24(22)14-28(38-32)31-25-15-27(36-18-29(25)39-40-31)20-13-21(17-34-16-20)37-30(41)12-19-6-2-1-3-7-19/h4-5,8-11,13-19H,1-3,6-7,12H2,(H,35,38)(H,37,41)(H,39,40). The first-order valence-electron chi connectivity index (χ1n) is 13.9. The van der Waals surface area contributed by atoms with Crippen LogP contribution in [0.15, 0.2) is 73.3 Å². The molecular formula is C32H28FN7O. The van der Waals surface area contributed by atoms with Crippen molar-refractivity contribution in [3.63, 3.8) is 0 Å². The van der Waals surface area contributed by atoms with Gasteiger partial charge in [-0.05, 0) is 54.7 Å². The molecule has 6 aromatic rings. The Bertz CT molecular complexity index is 1890. The summed E-state index contributed by atoms with van der Waals surface area (Å²) in [6.45, 7) is 0. The number of aromatic nitrogens is 6. The quantitative estimate of drug-likeness (QED) is 0.204. The summed E-state index contributed by atoms with van der Waals surface area (Å²) in [5.74, 6) is 0.203. The molecule has 0 radical (unpaired) electrons. The minimum atomic E-state index is -0.287. The third-order valence-corrected chi connectivity index (χ3v) is 7.91. The second-order valence-corrected chi connectivity index (χ2v) is 10.7. The molecule has 0 spiro atoms. The summed E-state index contributed by atoms with van der Waals surface area (Å²) in [6, 6.07) is 14.3. The number of nitrogens with zero attached hydrogens (tertiary/aromatic N) is 4. The lowest BCUT2D eigenvalue weighted by atomic mass is 9.87. The molecule has 9 heteroatoms. The van der Waals surface area contributed by atoms with Crippen LogP contribution < -0.4 is 5.32 Å². The molecule has 0 unspecified atom stereocenters. The van der Waals surface area contributed by atoms with Gasteiger partial charge in [0.05, 0.1) is 35.0 Å². The maximum atomic E-state index is 14.6. The van der Waals surface area contributed by atoms with E-state index in [1.807, 2.05) is 30.3 Å². The van der Waals surface area contributed by atoms with Crippen LogP contribution in [0.25, 0.3) is 55.7 Å². The fraction of sp³-hybridized carbons (Fsp3) is 0.219. The van der Waals surface area contributed by atoms with Crippen LogP contribution in [0.2, 0.25) is 0 Å². The fourth-order valence-corrected chi connectivity index (χ4v) is 5.86. The average Bonchev–Trinajstić information content (AvgIpc) is 3.62. The van der Waals surface area contributed by atoms with Crippen LogP contribution in [0.3, 0.4) is 0 Å². The van der Waals surface area contributed by atoms with E-state index in [0.717, 1.165) is 46.0 Å². The Hall–Kier alpha value is -4.92. The lowest BCUT2D eigenvalue weighted by molar-refractivity contribution is -0.117. The van der Waals surface area contributed by atoms with Gasteiger partial charge in [0, 0.05) is 40.7 Å². The van der Waals surface area contributed by atoms with Gasteiger partial charge in [0.1, 0.15) is 17.2 Å². The number of nitrogens with one attached hydrogen (secondary N) is 3. The normalized spacial score (nSPS) is 14.1. The third-order valence-electron chi connectivity index (χ3n) is 7.91. The largest absolute Gasteiger partial charge is 0.338 e. The second-order valence-electron chi connectivity index (χ2n) is 10.7. The Labute approximate surface area is 235 Å². The van der Waals surface area contributed by atoms with Gasteiger partial charge in [-0.1, -0.05) is 37.5 Å². The lowest BCUT2D eigenvalue weighted by Crippen LogP contribution is -2.18. The molecule has 204 valence electrons. The number of pyridine rings is 3. The molecule has 1 saturated carbocycles. The smallest absolute Gasteiger partial charge is 0.224 e. The maximum absolute atomic E-state index is 14.6. The third kappa shape index (κ3) is 4.95. The molecule has 1 aromatic carbocycles. The van der Waals surface area contributed by atoms with E-state index in [-0.39, 0.29) is 11.7 Å². The minimum absolute atomic E-state index is 0.0264. The number of halogens is 1. The number of rotatable bonds is 6. The van der Waals surface area contributed by atoms with Crippen LogP contribution in [-0.2, 0) is 4.79 Å². The maximum Gasteiger partial charge on any atom is 0.224 e. The van der Waals surface area contributed by atoms with Gasteiger partial charge in [-0.25, -0.2) is 9.37 Å². The number of anilines is 1. The highest BCUT2D eigenvalue weighted by Gasteiger charge is 2.19. The van der Waals surface area contributed by atoms with Crippen molar-refractivity contribution in [2.75, 3.05) is 5.32 Å². The number of H-pyrrole nitrogens is 2.